The molecular weight excluding hydrogens is 338 g/mol. The van der Waals surface area contributed by atoms with Gasteiger partial charge in [0, 0.05) is 11.6 Å². The van der Waals surface area contributed by atoms with Crippen molar-refractivity contribution in [2.24, 2.45) is 0 Å². The van der Waals surface area contributed by atoms with E-state index in [-0.39, 0.29) is 18.2 Å². The summed E-state index contributed by atoms with van der Waals surface area (Å²) in [5.41, 5.74) is 3.42. The molecule has 2 unspecified atom stereocenters. The lowest BCUT2D eigenvalue weighted by atomic mass is 9.83. The molecule has 0 radical (unpaired) electrons. The number of hydrogen-bond donors (Lipinski definition) is 0. The van der Waals surface area contributed by atoms with Crippen LogP contribution in [0.25, 0.3) is 5.57 Å². The molecular formula is C23H25NO3. The van der Waals surface area contributed by atoms with Gasteiger partial charge in [-0.2, -0.15) is 0 Å². The Kier molecular flexibility index (Phi) is 5.14. The highest BCUT2D eigenvalue weighted by Crippen LogP contribution is 2.39. The van der Waals surface area contributed by atoms with Crippen molar-refractivity contribution in [3.05, 3.63) is 71.8 Å². The molecule has 4 heteroatoms. The second-order valence-corrected chi connectivity index (χ2v) is 7.20. The molecule has 2 atom stereocenters. The van der Waals surface area contributed by atoms with Gasteiger partial charge in [-0.3, -0.25) is 4.90 Å². The number of carbonyl (C=O) groups excluding carboxylic acids is 1. The van der Waals surface area contributed by atoms with Gasteiger partial charge in [-0.15, -0.1) is 0 Å². The van der Waals surface area contributed by atoms with Gasteiger partial charge in [-0.1, -0.05) is 54.6 Å². The highest BCUT2D eigenvalue weighted by molar-refractivity contribution is 5.76. The fourth-order valence-corrected chi connectivity index (χ4v) is 4.22. The molecule has 0 saturated carbocycles. The van der Waals surface area contributed by atoms with Crippen LogP contribution in [0, 0.1) is 0 Å². The number of fused-ring (bicyclic) bond motifs is 2. The Hall–Kier alpha value is -2.75. The number of rotatable bonds is 4. The van der Waals surface area contributed by atoms with Crippen molar-refractivity contribution in [2.45, 2.75) is 44.4 Å². The van der Waals surface area contributed by atoms with Gasteiger partial charge in [0.25, 0.3) is 0 Å². The van der Waals surface area contributed by atoms with Crippen molar-refractivity contribution in [1.82, 2.24) is 4.90 Å². The summed E-state index contributed by atoms with van der Waals surface area (Å²) in [6.45, 7) is 0.318. The molecule has 2 bridgehead atoms. The van der Waals surface area contributed by atoms with Gasteiger partial charge in [-0.05, 0) is 42.9 Å². The summed E-state index contributed by atoms with van der Waals surface area (Å²) in [5.74, 6) is 0.891. The Morgan fingerprint density at radius 3 is 2.63 bits per heavy atom. The highest BCUT2D eigenvalue weighted by atomic mass is 16.6. The number of carbonyl (C=O) groups is 1. The van der Waals surface area contributed by atoms with E-state index >= 15 is 0 Å². The van der Waals surface area contributed by atoms with Crippen LogP contribution in [-0.2, 0) is 11.3 Å². The first-order valence-corrected chi connectivity index (χ1v) is 9.59. The van der Waals surface area contributed by atoms with Crippen LogP contribution < -0.4 is 4.74 Å². The predicted molar refractivity (Wildman–Crippen MR) is 105 cm³/mol. The largest absolute Gasteiger partial charge is 0.496 e. The average Bonchev–Trinajstić information content (AvgIpc) is 2.71. The van der Waals surface area contributed by atoms with Gasteiger partial charge in [0.2, 0.25) is 0 Å². The lowest BCUT2D eigenvalue weighted by Gasteiger charge is -2.44. The van der Waals surface area contributed by atoms with E-state index in [1.807, 2.05) is 53.4 Å². The Balaban J connectivity index is 1.52. The molecule has 4 rings (SSSR count). The summed E-state index contributed by atoms with van der Waals surface area (Å²) in [5, 5.41) is 0. The Labute approximate surface area is 160 Å². The molecule has 1 saturated heterocycles. The third-order valence-electron chi connectivity index (χ3n) is 5.51. The van der Waals surface area contributed by atoms with Crippen LogP contribution in [0.5, 0.6) is 5.75 Å². The fraction of sp³-hybridized carbons (Fsp3) is 0.348. The van der Waals surface area contributed by atoms with E-state index in [1.54, 1.807) is 7.11 Å². The normalized spacial score (nSPS) is 21.4. The summed E-state index contributed by atoms with van der Waals surface area (Å²) in [4.78, 5) is 14.8. The topological polar surface area (TPSA) is 38.8 Å². The fourth-order valence-electron chi connectivity index (χ4n) is 4.22. The molecule has 0 aromatic heterocycles. The third kappa shape index (κ3) is 3.70. The van der Waals surface area contributed by atoms with E-state index in [9.17, 15) is 4.79 Å². The molecule has 140 valence electrons. The first kappa shape index (κ1) is 17.7. The number of piperidine rings is 1. The van der Waals surface area contributed by atoms with Crippen LogP contribution in [0.4, 0.5) is 4.79 Å². The van der Waals surface area contributed by atoms with Crippen molar-refractivity contribution in [3.63, 3.8) is 0 Å². The lowest BCUT2D eigenvalue weighted by Crippen LogP contribution is -2.51. The standard InChI is InChI=1S/C23H25NO3/c1-26-22-13-6-5-12-21(22)18-14-19-10-7-11-20(15-18)24(19)23(25)27-16-17-8-3-2-4-9-17/h2-6,8-9,12-14,19-20H,7,10-11,15-16H2,1H3. The Morgan fingerprint density at radius 1 is 1.07 bits per heavy atom. The number of para-hydroxylation sites is 1. The average molecular weight is 363 g/mol. The van der Waals surface area contributed by atoms with Crippen LogP contribution in [0.1, 0.15) is 36.8 Å². The number of benzene rings is 2. The van der Waals surface area contributed by atoms with Crippen molar-refractivity contribution < 1.29 is 14.3 Å². The molecule has 1 amide bonds. The number of nitrogens with zero attached hydrogens (tertiary/aromatic N) is 1. The third-order valence-corrected chi connectivity index (χ3v) is 5.51. The molecule has 2 aliphatic rings. The number of hydrogen-bond acceptors (Lipinski definition) is 3. The maximum Gasteiger partial charge on any atom is 0.410 e. The molecule has 0 aliphatic carbocycles. The molecule has 2 aromatic rings. The van der Waals surface area contributed by atoms with E-state index in [0.29, 0.717) is 6.61 Å². The van der Waals surface area contributed by atoms with Crippen molar-refractivity contribution in [1.29, 1.82) is 0 Å². The van der Waals surface area contributed by atoms with Crippen molar-refractivity contribution in [2.75, 3.05) is 7.11 Å². The second kappa shape index (κ2) is 7.87. The number of ether oxygens (including phenoxy) is 2. The van der Waals surface area contributed by atoms with E-state index in [4.69, 9.17) is 9.47 Å². The Morgan fingerprint density at radius 2 is 1.85 bits per heavy atom. The van der Waals surface area contributed by atoms with Crippen LogP contribution >= 0.6 is 0 Å². The minimum atomic E-state index is -0.205. The molecule has 4 nitrogen and oxygen atoms in total. The van der Waals surface area contributed by atoms with Crippen LogP contribution in [0.2, 0.25) is 0 Å². The predicted octanol–water partition coefficient (Wildman–Crippen LogP) is 5.04. The minimum Gasteiger partial charge on any atom is -0.496 e. The van der Waals surface area contributed by atoms with Gasteiger partial charge in [-0.25, -0.2) is 4.79 Å². The maximum atomic E-state index is 12.8. The molecule has 27 heavy (non-hydrogen) atoms. The molecule has 2 aliphatic heterocycles. The van der Waals surface area contributed by atoms with E-state index in [1.165, 1.54) is 5.57 Å². The SMILES string of the molecule is COc1ccccc1C1=CC2CCCC(C1)N2C(=O)OCc1ccccc1. The van der Waals surface area contributed by atoms with E-state index in [0.717, 1.165) is 42.6 Å². The summed E-state index contributed by atoms with van der Waals surface area (Å²) in [6.07, 6.45) is 6.02. The van der Waals surface area contributed by atoms with Gasteiger partial charge in [0.1, 0.15) is 12.4 Å². The van der Waals surface area contributed by atoms with E-state index < -0.39 is 0 Å². The quantitative estimate of drug-likeness (QED) is 0.764. The lowest BCUT2D eigenvalue weighted by molar-refractivity contribution is 0.0510. The zero-order valence-corrected chi connectivity index (χ0v) is 15.6. The van der Waals surface area contributed by atoms with Crippen LogP contribution in [0.3, 0.4) is 0 Å². The van der Waals surface area contributed by atoms with Crippen molar-refractivity contribution in [3.8, 4) is 5.75 Å². The van der Waals surface area contributed by atoms with Gasteiger partial charge < -0.3 is 9.47 Å². The Bertz CT molecular complexity index is 831. The van der Waals surface area contributed by atoms with Gasteiger partial charge in [0.15, 0.2) is 0 Å². The van der Waals surface area contributed by atoms with Gasteiger partial charge in [0.05, 0.1) is 13.2 Å². The van der Waals surface area contributed by atoms with Crippen molar-refractivity contribution >= 4 is 11.7 Å². The zero-order valence-electron chi connectivity index (χ0n) is 15.6. The monoisotopic (exact) mass is 363 g/mol. The van der Waals surface area contributed by atoms with Crippen LogP contribution in [0.15, 0.2) is 60.7 Å². The highest BCUT2D eigenvalue weighted by Gasteiger charge is 2.38. The van der Waals surface area contributed by atoms with Gasteiger partial charge >= 0.3 is 6.09 Å². The molecule has 2 aromatic carbocycles. The summed E-state index contributed by atoms with van der Waals surface area (Å²) >= 11 is 0. The second-order valence-electron chi connectivity index (χ2n) is 7.20. The van der Waals surface area contributed by atoms with Crippen LogP contribution in [-0.4, -0.2) is 30.2 Å². The number of amides is 1. The summed E-state index contributed by atoms with van der Waals surface area (Å²) in [7, 11) is 1.70. The summed E-state index contributed by atoms with van der Waals surface area (Å²) in [6, 6.07) is 18.2. The summed E-state index contributed by atoms with van der Waals surface area (Å²) < 4.78 is 11.2. The number of methoxy groups -OCH3 is 1. The maximum absolute atomic E-state index is 12.8. The smallest absolute Gasteiger partial charge is 0.410 e. The molecule has 0 spiro atoms. The first-order chi connectivity index (χ1) is 13.3. The first-order valence-electron chi connectivity index (χ1n) is 9.59. The molecule has 2 heterocycles. The zero-order chi connectivity index (χ0) is 18.6. The minimum absolute atomic E-state index is 0.0979. The molecule has 0 N–H and O–H groups in total. The van der Waals surface area contributed by atoms with E-state index in [2.05, 4.69) is 12.1 Å². The molecule has 1 fully saturated rings.